The Morgan fingerprint density at radius 3 is 2.06 bits per heavy atom. The molecule has 0 amide bonds. The van der Waals surface area contributed by atoms with Gasteiger partial charge in [-0.3, -0.25) is 4.90 Å². The van der Waals surface area contributed by atoms with Crippen LogP contribution in [-0.4, -0.2) is 28.2 Å². The zero-order chi connectivity index (χ0) is 13.9. The maximum absolute atomic E-state index is 9.95. The first kappa shape index (κ1) is 14.8. The van der Waals surface area contributed by atoms with Gasteiger partial charge >= 0.3 is 0 Å². The summed E-state index contributed by atoms with van der Waals surface area (Å²) in [7, 11) is 0. The number of nitrogens with zero attached hydrogens (tertiary/aromatic N) is 1. The summed E-state index contributed by atoms with van der Waals surface area (Å²) in [5, 5.41) is 19.8. The SMILES string of the molecule is CCN(CC)Cc1cc(C(C)(C)C)cc(O)c1O. The number of aromatic hydroxyl groups is 2. The molecule has 0 aliphatic rings. The van der Waals surface area contributed by atoms with E-state index in [0.29, 0.717) is 6.54 Å². The molecule has 0 atom stereocenters. The Labute approximate surface area is 110 Å². The van der Waals surface area contributed by atoms with Gasteiger partial charge in [0.25, 0.3) is 0 Å². The maximum atomic E-state index is 9.95. The lowest BCUT2D eigenvalue weighted by Gasteiger charge is -2.23. The van der Waals surface area contributed by atoms with Crippen molar-refractivity contribution >= 4 is 0 Å². The molecule has 0 radical (unpaired) electrons. The Balaban J connectivity index is 3.14. The molecule has 0 aliphatic heterocycles. The van der Waals surface area contributed by atoms with Crippen LogP contribution in [0.15, 0.2) is 12.1 Å². The molecule has 0 bridgehead atoms. The second-order valence-corrected chi connectivity index (χ2v) is 5.71. The van der Waals surface area contributed by atoms with E-state index in [9.17, 15) is 10.2 Å². The fourth-order valence-corrected chi connectivity index (χ4v) is 1.92. The average molecular weight is 251 g/mol. The number of rotatable bonds is 4. The summed E-state index contributed by atoms with van der Waals surface area (Å²) < 4.78 is 0. The van der Waals surface area contributed by atoms with E-state index in [0.717, 1.165) is 24.2 Å². The predicted molar refractivity (Wildman–Crippen MR) is 75.1 cm³/mol. The van der Waals surface area contributed by atoms with E-state index < -0.39 is 0 Å². The van der Waals surface area contributed by atoms with E-state index in [2.05, 4.69) is 39.5 Å². The van der Waals surface area contributed by atoms with Crippen LogP contribution >= 0.6 is 0 Å². The highest BCUT2D eigenvalue weighted by Crippen LogP contribution is 2.35. The molecular weight excluding hydrogens is 226 g/mol. The van der Waals surface area contributed by atoms with Crippen LogP contribution in [0.2, 0.25) is 0 Å². The first-order valence-corrected chi connectivity index (χ1v) is 6.57. The highest BCUT2D eigenvalue weighted by molar-refractivity contribution is 5.49. The Kier molecular flexibility index (Phi) is 4.63. The second-order valence-electron chi connectivity index (χ2n) is 5.71. The van der Waals surface area contributed by atoms with Gasteiger partial charge in [0.15, 0.2) is 11.5 Å². The molecule has 2 N–H and O–H groups in total. The van der Waals surface area contributed by atoms with E-state index in [4.69, 9.17) is 0 Å². The molecule has 0 saturated heterocycles. The van der Waals surface area contributed by atoms with Gasteiger partial charge in [0.2, 0.25) is 0 Å². The molecule has 3 heteroatoms. The lowest BCUT2D eigenvalue weighted by Crippen LogP contribution is -2.22. The molecule has 1 rings (SSSR count). The molecule has 0 heterocycles. The molecule has 1 aromatic rings. The molecule has 18 heavy (non-hydrogen) atoms. The first-order valence-electron chi connectivity index (χ1n) is 6.57. The van der Waals surface area contributed by atoms with Gasteiger partial charge < -0.3 is 10.2 Å². The van der Waals surface area contributed by atoms with Crippen molar-refractivity contribution in [2.45, 2.75) is 46.6 Å². The van der Waals surface area contributed by atoms with E-state index in [1.165, 1.54) is 0 Å². The van der Waals surface area contributed by atoms with Crippen LogP contribution in [0.1, 0.15) is 45.7 Å². The van der Waals surface area contributed by atoms with Crippen molar-refractivity contribution in [3.05, 3.63) is 23.3 Å². The fraction of sp³-hybridized carbons (Fsp3) is 0.600. The van der Waals surface area contributed by atoms with Crippen LogP contribution < -0.4 is 0 Å². The summed E-state index contributed by atoms with van der Waals surface area (Å²) >= 11 is 0. The van der Waals surface area contributed by atoms with Crippen LogP contribution in [0, 0.1) is 0 Å². The van der Waals surface area contributed by atoms with E-state index in [-0.39, 0.29) is 16.9 Å². The largest absolute Gasteiger partial charge is 0.504 e. The fourth-order valence-electron chi connectivity index (χ4n) is 1.92. The minimum absolute atomic E-state index is 0.00917. The topological polar surface area (TPSA) is 43.7 Å². The van der Waals surface area contributed by atoms with Crippen molar-refractivity contribution in [2.24, 2.45) is 0 Å². The first-order chi connectivity index (χ1) is 8.29. The van der Waals surface area contributed by atoms with Gasteiger partial charge in [-0.25, -0.2) is 0 Å². The third kappa shape index (κ3) is 3.39. The summed E-state index contributed by atoms with van der Waals surface area (Å²) in [6, 6.07) is 3.65. The van der Waals surface area contributed by atoms with Crippen molar-refractivity contribution in [1.29, 1.82) is 0 Å². The average Bonchev–Trinajstić information content (AvgIpc) is 2.29. The molecule has 0 unspecified atom stereocenters. The van der Waals surface area contributed by atoms with Gasteiger partial charge in [0.1, 0.15) is 0 Å². The number of hydrogen-bond acceptors (Lipinski definition) is 3. The van der Waals surface area contributed by atoms with E-state index in [1.54, 1.807) is 6.07 Å². The Bertz CT molecular complexity index is 404. The van der Waals surface area contributed by atoms with Gasteiger partial charge in [-0.05, 0) is 30.1 Å². The van der Waals surface area contributed by atoms with Gasteiger partial charge in [0.05, 0.1) is 0 Å². The molecule has 0 spiro atoms. The summed E-state index contributed by atoms with van der Waals surface area (Å²) in [6.45, 7) is 13.0. The molecule has 3 nitrogen and oxygen atoms in total. The molecule has 102 valence electrons. The zero-order valence-electron chi connectivity index (χ0n) is 12.1. The second kappa shape index (κ2) is 5.61. The van der Waals surface area contributed by atoms with Crippen LogP contribution in [0.3, 0.4) is 0 Å². The normalized spacial score (nSPS) is 12.1. The summed E-state index contributed by atoms with van der Waals surface area (Å²) in [5.74, 6) is -0.0144. The maximum Gasteiger partial charge on any atom is 0.162 e. The van der Waals surface area contributed by atoms with Crippen LogP contribution in [0.4, 0.5) is 0 Å². The smallest absolute Gasteiger partial charge is 0.162 e. The van der Waals surface area contributed by atoms with Crippen molar-refractivity contribution in [2.75, 3.05) is 13.1 Å². The number of phenols is 2. The number of hydrogen-bond donors (Lipinski definition) is 2. The number of benzene rings is 1. The van der Waals surface area contributed by atoms with Crippen molar-refractivity contribution in [1.82, 2.24) is 4.90 Å². The number of phenolic OH excluding ortho intramolecular Hbond substituents is 2. The van der Waals surface area contributed by atoms with E-state index in [1.807, 2.05) is 6.07 Å². The summed E-state index contributed by atoms with van der Waals surface area (Å²) in [4.78, 5) is 2.21. The van der Waals surface area contributed by atoms with Crippen LogP contribution in [0.25, 0.3) is 0 Å². The summed E-state index contributed by atoms with van der Waals surface area (Å²) in [6.07, 6.45) is 0. The van der Waals surface area contributed by atoms with Gasteiger partial charge in [-0.1, -0.05) is 40.7 Å². The van der Waals surface area contributed by atoms with E-state index >= 15 is 0 Å². The van der Waals surface area contributed by atoms with Crippen LogP contribution in [-0.2, 0) is 12.0 Å². The van der Waals surface area contributed by atoms with Gasteiger partial charge in [-0.15, -0.1) is 0 Å². The lowest BCUT2D eigenvalue weighted by molar-refractivity contribution is 0.288. The third-order valence-electron chi connectivity index (χ3n) is 3.32. The highest BCUT2D eigenvalue weighted by Gasteiger charge is 2.19. The zero-order valence-corrected chi connectivity index (χ0v) is 12.1. The van der Waals surface area contributed by atoms with Crippen LogP contribution in [0.5, 0.6) is 11.5 Å². The van der Waals surface area contributed by atoms with Crippen molar-refractivity contribution in [3.8, 4) is 11.5 Å². The Morgan fingerprint density at radius 1 is 1.06 bits per heavy atom. The Hall–Kier alpha value is -1.22. The van der Waals surface area contributed by atoms with Gasteiger partial charge in [0, 0.05) is 12.1 Å². The minimum atomic E-state index is -0.0385. The standard InChI is InChI=1S/C15H25NO2/c1-6-16(7-2)10-11-8-12(15(3,4)5)9-13(17)14(11)18/h8-9,17-18H,6-7,10H2,1-5H3. The highest BCUT2D eigenvalue weighted by atomic mass is 16.3. The van der Waals surface area contributed by atoms with Gasteiger partial charge in [-0.2, -0.15) is 0 Å². The molecule has 0 aliphatic carbocycles. The molecule has 0 saturated carbocycles. The van der Waals surface area contributed by atoms with Crippen molar-refractivity contribution in [3.63, 3.8) is 0 Å². The Morgan fingerprint density at radius 2 is 1.61 bits per heavy atom. The van der Waals surface area contributed by atoms with Crippen molar-refractivity contribution < 1.29 is 10.2 Å². The molecule has 0 fully saturated rings. The molecule has 0 aromatic heterocycles. The monoisotopic (exact) mass is 251 g/mol. The minimum Gasteiger partial charge on any atom is -0.504 e. The predicted octanol–water partition coefficient (Wildman–Crippen LogP) is 3.24. The molecule has 1 aromatic carbocycles. The molecular formula is C15H25NO2. The quantitative estimate of drug-likeness (QED) is 0.807. The third-order valence-corrected chi connectivity index (χ3v) is 3.32. The lowest BCUT2D eigenvalue weighted by atomic mass is 9.85. The summed E-state index contributed by atoms with van der Waals surface area (Å²) in [5.41, 5.74) is 1.80.